The van der Waals surface area contributed by atoms with E-state index in [1.165, 1.54) is 31.4 Å². The highest BCUT2D eigenvalue weighted by Crippen LogP contribution is 2.12. The molecule has 9 heteroatoms. The van der Waals surface area contributed by atoms with E-state index in [2.05, 4.69) is 15.4 Å². The number of ether oxygens (including phenoxy) is 1. The van der Waals surface area contributed by atoms with E-state index >= 15 is 0 Å². The fraction of sp³-hybridized carbons (Fsp3) is 0.562. The van der Waals surface area contributed by atoms with Crippen LogP contribution in [0.3, 0.4) is 0 Å². The first kappa shape index (κ1) is 21.9. The fourth-order valence-electron chi connectivity index (χ4n) is 2.58. The van der Waals surface area contributed by atoms with Crippen LogP contribution in [0, 0.1) is 5.92 Å². The van der Waals surface area contributed by atoms with Gasteiger partial charge in [0, 0.05) is 25.8 Å². The number of methoxy groups -OCH3 is 1. The Kier molecular flexibility index (Phi) is 9.37. The Morgan fingerprint density at radius 1 is 1.32 bits per heavy atom. The van der Waals surface area contributed by atoms with Gasteiger partial charge in [0.1, 0.15) is 0 Å². The number of benzene rings is 1. The molecule has 1 aromatic rings. The second-order valence-corrected chi connectivity index (χ2v) is 7.60. The zero-order chi connectivity index (χ0) is 17.4. The molecule has 1 aromatic carbocycles. The van der Waals surface area contributed by atoms with E-state index in [0.717, 1.165) is 25.9 Å². The van der Waals surface area contributed by atoms with E-state index in [-0.39, 0.29) is 29.8 Å². The van der Waals surface area contributed by atoms with Gasteiger partial charge in [-0.25, -0.2) is 13.1 Å². The first-order valence-electron chi connectivity index (χ1n) is 8.10. The summed E-state index contributed by atoms with van der Waals surface area (Å²) in [6, 6.07) is 5.93. The van der Waals surface area contributed by atoms with E-state index in [4.69, 9.17) is 4.74 Å². The molecular formula is C16H26ClN3O4S. The van der Waals surface area contributed by atoms with Crippen molar-refractivity contribution in [3.8, 4) is 0 Å². The third-order valence-corrected chi connectivity index (χ3v) is 5.45. The Hall–Kier alpha value is -1.19. The first-order chi connectivity index (χ1) is 11.5. The van der Waals surface area contributed by atoms with Crippen molar-refractivity contribution in [2.24, 2.45) is 5.92 Å². The molecule has 1 amide bonds. The van der Waals surface area contributed by atoms with Crippen molar-refractivity contribution >= 4 is 28.3 Å². The summed E-state index contributed by atoms with van der Waals surface area (Å²) < 4.78 is 31.3. The molecule has 1 atom stereocenters. The van der Waals surface area contributed by atoms with Crippen LogP contribution in [0.2, 0.25) is 0 Å². The number of nitrogens with one attached hydrogen (secondary N) is 3. The molecule has 0 saturated carbocycles. The lowest BCUT2D eigenvalue weighted by Gasteiger charge is -2.22. The molecular weight excluding hydrogens is 366 g/mol. The smallest absolute Gasteiger partial charge is 0.251 e. The summed E-state index contributed by atoms with van der Waals surface area (Å²) in [6.45, 7) is 3.10. The molecule has 7 nitrogen and oxygen atoms in total. The molecule has 142 valence electrons. The summed E-state index contributed by atoms with van der Waals surface area (Å²) in [5.41, 5.74) is 0.453. The number of sulfonamides is 1. The molecule has 0 bridgehead atoms. The molecule has 0 aliphatic carbocycles. The largest absolute Gasteiger partial charge is 0.383 e. The summed E-state index contributed by atoms with van der Waals surface area (Å²) in [5.74, 6) is 0.268. The zero-order valence-electron chi connectivity index (χ0n) is 14.3. The zero-order valence-corrected chi connectivity index (χ0v) is 15.9. The molecule has 0 spiro atoms. The number of carbonyl (C=O) groups excluding carboxylic acids is 1. The maximum atomic E-state index is 12.1. The Morgan fingerprint density at radius 3 is 2.64 bits per heavy atom. The van der Waals surface area contributed by atoms with Crippen LogP contribution in [0.1, 0.15) is 23.2 Å². The van der Waals surface area contributed by atoms with E-state index in [9.17, 15) is 13.2 Å². The minimum atomic E-state index is -3.57. The number of rotatable bonds is 8. The minimum Gasteiger partial charge on any atom is -0.383 e. The highest BCUT2D eigenvalue weighted by atomic mass is 35.5. The van der Waals surface area contributed by atoms with Gasteiger partial charge in [0.05, 0.1) is 11.5 Å². The van der Waals surface area contributed by atoms with Crippen LogP contribution in [-0.2, 0) is 14.8 Å². The lowest BCUT2D eigenvalue weighted by atomic mass is 10.00. The molecule has 1 aliphatic rings. The number of halogens is 1. The predicted molar refractivity (Wildman–Crippen MR) is 98.7 cm³/mol. The van der Waals surface area contributed by atoms with Crippen LogP contribution >= 0.6 is 12.4 Å². The summed E-state index contributed by atoms with van der Waals surface area (Å²) in [7, 11) is -2.07. The number of piperidine rings is 1. The van der Waals surface area contributed by atoms with Crippen molar-refractivity contribution in [1.29, 1.82) is 0 Å². The van der Waals surface area contributed by atoms with Crippen molar-refractivity contribution in [2.45, 2.75) is 17.7 Å². The minimum absolute atomic E-state index is 0. The van der Waals surface area contributed by atoms with Gasteiger partial charge < -0.3 is 15.4 Å². The van der Waals surface area contributed by atoms with E-state index in [1.54, 1.807) is 0 Å². The van der Waals surface area contributed by atoms with Crippen LogP contribution < -0.4 is 15.4 Å². The van der Waals surface area contributed by atoms with Crippen molar-refractivity contribution in [3.05, 3.63) is 29.8 Å². The molecule has 1 fully saturated rings. The van der Waals surface area contributed by atoms with Crippen LogP contribution in [0.4, 0.5) is 0 Å². The third-order valence-electron chi connectivity index (χ3n) is 3.98. The van der Waals surface area contributed by atoms with Crippen LogP contribution in [0.25, 0.3) is 0 Å². The second kappa shape index (κ2) is 10.7. The van der Waals surface area contributed by atoms with Crippen molar-refractivity contribution in [2.75, 3.05) is 39.9 Å². The van der Waals surface area contributed by atoms with Gasteiger partial charge in [-0.1, -0.05) is 0 Å². The molecule has 0 aromatic heterocycles. The maximum Gasteiger partial charge on any atom is 0.251 e. The maximum absolute atomic E-state index is 12.1. The molecule has 0 radical (unpaired) electrons. The molecule has 1 unspecified atom stereocenters. The third kappa shape index (κ3) is 6.91. The number of amides is 1. The fourth-order valence-corrected chi connectivity index (χ4v) is 3.60. The van der Waals surface area contributed by atoms with Gasteiger partial charge in [-0.3, -0.25) is 4.79 Å². The molecule has 1 aliphatic heterocycles. The Bertz CT molecular complexity index is 631. The van der Waals surface area contributed by atoms with Crippen LogP contribution in [0.5, 0.6) is 0 Å². The predicted octanol–water partition coefficient (Wildman–Crippen LogP) is 0.762. The van der Waals surface area contributed by atoms with E-state index in [1.807, 2.05) is 0 Å². The van der Waals surface area contributed by atoms with E-state index < -0.39 is 10.0 Å². The average Bonchev–Trinajstić information content (AvgIpc) is 2.61. The lowest BCUT2D eigenvalue weighted by Crippen LogP contribution is -2.38. The second-order valence-electron chi connectivity index (χ2n) is 5.84. The summed E-state index contributed by atoms with van der Waals surface area (Å²) in [4.78, 5) is 12.3. The highest BCUT2D eigenvalue weighted by molar-refractivity contribution is 7.89. The molecule has 25 heavy (non-hydrogen) atoms. The SMILES string of the molecule is COCCNS(=O)(=O)c1ccc(C(=O)NCC2CCCNC2)cc1.Cl. The van der Waals surface area contributed by atoms with Crippen LogP contribution in [-0.4, -0.2) is 54.2 Å². The Balaban J connectivity index is 0.00000312. The molecule has 1 heterocycles. The van der Waals surface area contributed by atoms with Gasteiger partial charge in [-0.05, 0) is 56.1 Å². The lowest BCUT2D eigenvalue weighted by molar-refractivity contribution is 0.0944. The highest BCUT2D eigenvalue weighted by Gasteiger charge is 2.16. The van der Waals surface area contributed by atoms with Gasteiger partial charge in [0.15, 0.2) is 0 Å². The molecule has 1 saturated heterocycles. The van der Waals surface area contributed by atoms with Crippen molar-refractivity contribution in [3.63, 3.8) is 0 Å². The van der Waals surface area contributed by atoms with E-state index in [0.29, 0.717) is 24.6 Å². The Labute approximate surface area is 155 Å². The van der Waals surface area contributed by atoms with Gasteiger partial charge in [0.25, 0.3) is 5.91 Å². The van der Waals surface area contributed by atoms with Crippen molar-refractivity contribution in [1.82, 2.24) is 15.4 Å². The van der Waals surface area contributed by atoms with Gasteiger partial charge >= 0.3 is 0 Å². The standard InChI is InChI=1S/C16H25N3O4S.ClH/c1-23-10-9-19-24(21,22)15-6-4-14(5-7-15)16(20)18-12-13-3-2-8-17-11-13;/h4-7,13,17,19H,2-3,8-12H2,1H3,(H,18,20);1H. The van der Waals surface area contributed by atoms with Gasteiger partial charge in [-0.2, -0.15) is 0 Å². The van der Waals surface area contributed by atoms with Gasteiger partial charge in [0.2, 0.25) is 10.0 Å². The summed E-state index contributed by atoms with van der Waals surface area (Å²) in [5, 5.41) is 6.22. The summed E-state index contributed by atoms with van der Waals surface area (Å²) in [6.07, 6.45) is 2.24. The molecule has 3 N–H and O–H groups in total. The molecule has 2 rings (SSSR count). The monoisotopic (exact) mass is 391 g/mol. The average molecular weight is 392 g/mol. The topological polar surface area (TPSA) is 96.5 Å². The van der Waals surface area contributed by atoms with Gasteiger partial charge in [-0.15, -0.1) is 12.4 Å². The number of hydrogen-bond acceptors (Lipinski definition) is 5. The number of hydrogen-bond donors (Lipinski definition) is 3. The quantitative estimate of drug-likeness (QED) is 0.568. The van der Waals surface area contributed by atoms with Crippen LogP contribution in [0.15, 0.2) is 29.2 Å². The van der Waals surface area contributed by atoms with Crippen molar-refractivity contribution < 1.29 is 17.9 Å². The first-order valence-corrected chi connectivity index (χ1v) is 9.59. The number of carbonyl (C=O) groups is 1. The summed E-state index contributed by atoms with van der Waals surface area (Å²) >= 11 is 0. The normalized spacial score (nSPS) is 17.6. The Morgan fingerprint density at radius 2 is 2.04 bits per heavy atom.